The molecule has 4 heterocycles. The largest absolute Gasteiger partial charge is 0.461 e. The molecule has 2 N–H and O–H groups in total. The molecule has 8 atom stereocenters. The normalized spacial score (nSPS) is 37.1. The second-order valence-electron chi connectivity index (χ2n) is 16.7. The van der Waals surface area contributed by atoms with Gasteiger partial charge in [0.2, 0.25) is 0 Å². The molecule has 4 fully saturated rings. The summed E-state index contributed by atoms with van der Waals surface area (Å²) < 4.78 is 10.5. The molecule has 14 nitrogen and oxygen atoms in total. The summed E-state index contributed by atoms with van der Waals surface area (Å²) >= 11 is 0. The van der Waals surface area contributed by atoms with Crippen molar-refractivity contribution >= 4 is 35.8 Å². The van der Waals surface area contributed by atoms with E-state index in [4.69, 9.17) is 9.47 Å². The van der Waals surface area contributed by atoms with Crippen LogP contribution >= 0.6 is 0 Å². The van der Waals surface area contributed by atoms with Crippen molar-refractivity contribution in [2.45, 2.75) is 141 Å². The van der Waals surface area contributed by atoms with Crippen LogP contribution in [0.15, 0.2) is 25.3 Å². The molecule has 54 heavy (non-hydrogen) atoms. The molecule has 4 saturated heterocycles. The van der Waals surface area contributed by atoms with Crippen molar-refractivity contribution in [2.24, 2.45) is 11.8 Å². The van der Waals surface area contributed by atoms with Crippen molar-refractivity contribution in [1.82, 2.24) is 30.2 Å². The summed E-state index contributed by atoms with van der Waals surface area (Å²) in [5.41, 5.74) is -4.17. The Morgan fingerprint density at radius 2 is 1.00 bits per heavy atom. The van der Waals surface area contributed by atoms with Gasteiger partial charge in [0, 0.05) is 47.1 Å². The lowest BCUT2D eigenvalue weighted by Gasteiger charge is -2.63. The topological polar surface area (TPSA) is 158 Å². The van der Waals surface area contributed by atoms with E-state index in [1.807, 2.05) is 26.0 Å². The van der Waals surface area contributed by atoms with Gasteiger partial charge in [-0.3, -0.25) is 38.8 Å². The molecule has 4 rings (SSSR count). The maximum Gasteiger partial charge on any atom is 0.326 e. The van der Waals surface area contributed by atoms with E-state index >= 15 is 0 Å². The number of ether oxygens (including phenoxy) is 2. The Kier molecular flexibility index (Phi) is 12.2. The standard InChI is InChI=1S/C40H64N6O8/c1-13-19-45-35(9,15-3)25-39(27(7)37(45,11)17-5)31(49)43(33(51)41-39)23-29(47)53-21-22-54-30(48)24-44-32(50)40(42-34(44)52)26-36(10,16-4)46(20-14-2)38(12,18-6)28(40)8/h13-14,27-28H,1-2,15-26H2,3-12H3,(H,41,51)(H,42,52). The number of rotatable bonds is 15. The molecule has 0 aromatic rings. The van der Waals surface area contributed by atoms with Crippen molar-refractivity contribution in [3.05, 3.63) is 25.3 Å². The minimum atomic E-state index is -1.21. The molecular weight excluding hydrogens is 692 g/mol. The van der Waals surface area contributed by atoms with Gasteiger partial charge in [-0.1, -0.05) is 53.7 Å². The molecule has 302 valence electrons. The number of nitrogens with zero attached hydrogens (tertiary/aromatic N) is 4. The average molecular weight is 757 g/mol. The fraction of sp³-hybridized carbons (Fsp3) is 0.750. The molecule has 4 aliphatic heterocycles. The molecule has 8 unspecified atom stereocenters. The fourth-order valence-electron chi connectivity index (χ4n) is 10.3. The van der Waals surface area contributed by atoms with Crippen molar-refractivity contribution in [3.8, 4) is 0 Å². The number of piperidine rings is 2. The lowest BCUT2D eigenvalue weighted by Crippen LogP contribution is -2.75. The van der Waals surface area contributed by atoms with E-state index in [0.29, 0.717) is 25.9 Å². The highest BCUT2D eigenvalue weighted by Gasteiger charge is 2.68. The van der Waals surface area contributed by atoms with Gasteiger partial charge in [0.1, 0.15) is 37.4 Å². The number of amides is 6. The summed E-state index contributed by atoms with van der Waals surface area (Å²) in [5, 5.41) is 5.95. The van der Waals surface area contributed by atoms with Crippen LogP contribution in [0.1, 0.15) is 108 Å². The van der Waals surface area contributed by atoms with Crippen LogP contribution in [0.5, 0.6) is 0 Å². The highest BCUT2D eigenvalue weighted by molar-refractivity contribution is 6.10. The second-order valence-corrected chi connectivity index (χ2v) is 16.7. The van der Waals surface area contributed by atoms with Crippen LogP contribution < -0.4 is 10.6 Å². The van der Waals surface area contributed by atoms with Gasteiger partial charge in [-0.05, 0) is 66.2 Å². The zero-order valence-electron chi connectivity index (χ0n) is 34.3. The van der Waals surface area contributed by atoms with Gasteiger partial charge in [-0.15, -0.1) is 13.2 Å². The van der Waals surface area contributed by atoms with Gasteiger partial charge in [-0.2, -0.15) is 0 Å². The second kappa shape index (κ2) is 15.4. The summed E-state index contributed by atoms with van der Waals surface area (Å²) in [4.78, 5) is 87.1. The van der Waals surface area contributed by atoms with Gasteiger partial charge in [0.25, 0.3) is 11.8 Å². The minimum Gasteiger partial charge on any atom is -0.461 e. The summed E-state index contributed by atoms with van der Waals surface area (Å²) in [5.74, 6) is -3.19. The maximum atomic E-state index is 14.1. The lowest BCUT2D eigenvalue weighted by molar-refractivity contribution is -0.159. The predicted octanol–water partition coefficient (Wildman–Crippen LogP) is 4.38. The Hall–Kier alpha value is -3.78. The number of carbonyl (C=O) groups excluding carboxylic acids is 6. The average Bonchev–Trinajstić information content (AvgIpc) is 3.51. The van der Waals surface area contributed by atoms with E-state index in [0.717, 1.165) is 35.5 Å². The van der Waals surface area contributed by atoms with Crippen molar-refractivity contribution in [3.63, 3.8) is 0 Å². The highest BCUT2D eigenvalue weighted by Crippen LogP contribution is 2.53. The molecule has 14 heteroatoms. The van der Waals surface area contributed by atoms with Gasteiger partial charge >= 0.3 is 24.0 Å². The van der Waals surface area contributed by atoms with Crippen molar-refractivity contribution in [1.29, 1.82) is 0 Å². The number of esters is 2. The van der Waals surface area contributed by atoms with Gasteiger partial charge < -0.3 is 20.1 Å². The number of urea groups is 2. The number of hydrogen-bond donors (Lipinski definition) is 2. The van der Waals surface area contributed by atoms with Crippen LogP contribution in [0, 0.1) is 11.8 Å². The molecule has 4 aliphatic rings. The third-order valence-electron chi connectivity index (χ3n) is 14.4. The first-order valence-corrected chi connectivity index (χ1v) is 19.6. The zero-order chi connectivity index (χ0) is 40.7. The maximum absolute atomic E-state index is 14.1. The smallest absolute Gasteiger partial charge is 0.326 e. The molecule has 2 spiro atoms. The van der Waals surface area contributed by atoms with E-state index in [2.05, 4.69) is 89.0 Å². The molecule has 0 radical (unpaired) electrons. The Morgan fingerprint density at radius 3 is 1.28 bits per heavy atom. The number of likely N-dealkylation sites (tertiary alicyclic amines) is 2. The summed E-state index contributed by atoms with van der Waals surface area (Å²) in [6.07, 6.45) is 7.38. The first-order chi connectivity index (χ1) is 25.2. The van der Waals surface area contributed by atoms with Gasteiger partial charge in [0.15, 0.2) is 0 Å². The van der Waals surface area contributed by atoms with Crippen molar-refractivity contribution in [2.75, 3.05) is 39.4 Å². The van der Waals surface area contributed by atoms with E-state index in [9.17, 15) is 28.8 Å². The Bertz CT molecular complexity index is 1440. The summed E-state index contributed by atoms with van der Waals surface area (Å²) in [6, 6.07) is -1.32. The Balaban J connectivity index is 1.35. The lowest BCUT2D eigenvalue weighted by atomic mass is 9.60. The quantitative estimate of drug-likeness (QED) is 0.106. The van der Waals surface area contributed by atoms with Gasteiger partial charge in [0.05, 0.1) is 0 Å². The molecular formula is C40H64N6O8. The van der Waals surface area contributed by atoms with E-state index in [1.165, 1.54) is 0 Å². The third kappa shape index (κ3) is 6.64. The Morgan fingerprint density at radius 1 is 0.667 bits per heavy atom. The molecule has 0 aliphatic carbocycles. The molecule has 0 bridgehead atoms. The molecule has 0 aromatic carbocycles. The molecule has 0 saturated carbocycles. The van der Waals surface area contributed by atoms with Crippen LogP contribution in [0.4, 0.5) is 9.59 Å². The number of nitrogens with one attached hydrogen (secondary N) is 2. The summed E-state index contributed by atoms with van der Waals surface area (Å²) in [7, 11) is 0. The Labute approximate surface area is 321 Å². The number of carbonyl (C=O) groups is 6. The fourth-order valence-corrected chi connectivity index (χ4v) is 10.3. The highest BCUT2D eigenvalue weighted by atomic mass is 16.6. The predicted molar refractivity (Wildman–Crippen MR) is 204 cm³/mol. The number of imide groups is 2. The van der Waals surface area contributed by atoms with E-state index in [1.54, 1.807) is 0 Å². The monoisotopic (exact) mass is 756 g/mol. The first-order valence-electron chi connectivity index (χ1n) is 19.6. The van der Waals surface area contributed by atoms with Gasteiger partial charge in [-0.25, -0.2) is 9.59 Å². The van der Waals surface area contributed by atoms with Crippen LogP contribution in [-0.2, 0) is 28.7 Å². The molecule has 0 aromatic heterocycles. The van der Waals surface area contributed by atoms with Crippen LogP contribution in [0.25, 0.3) is 0 Å². The van der Waals surface area contributed by atoms with Crippen molar-refractivity contribution < 1.29 is 38.2 Å². The first kappa shape index (κ1) is 43.0. The molecule has 6 amide bonds. The van der Waals surface area contributed by atoms with Crippen LogP contribution in [0.2, 0.25) is 0 Å². The van der Waals surface area contributed by atoms with E-state index in [-0.39, 0.29) is 25.0 Å². The number of hydrogen-bond acceptors (Lipinski definition) is 10. The SMILES string of the molecule is C=CCN1C(C)(CC)CC2(NC(=O)N(CC(=O)OCCOC(=O)CN3C(=O)NC4(CC(C)(CC)N(CC=C)C(C)(CC)C4C)C3=O)C2=O)C(C)C1(C)CC. The minimum absolute atomic E-state index is 0.286. The van der Waals surface area contributed by atoms with Crippen LogP contribution in [0.3, 0.4) is 0 Å². The van der Waals surface area contributed by atoms with Crippen LogP contribution in [-0.4, -0.2) is 128 Å². The summed E-state index contributed by atoms with van der Waals surface area (Å²) in [6.45, 7) is 27.9. The van der Waals surface area contributed by atoms with E-state index < -0.39 is 82.1 Å². The zero-order valence-corrected chi connectivity index (χ0v) is 34.3. The third-order valence-corrected chi connectivity index (χ3v) is 14.4.